The zero-order valence-corrected chi connectivity index (χ0v) is 69.3. The molecule has 11 rings (SSSR count). The smallest absolute Gasteiger partial charge is 0.256 e. The van der Waals surface area contributed by atoms with Crippen LogP contribution in [0.15, 0.2) is 151 Å². The summed E-state index contributed by atoms with van der Waals surface area (Å²) in [6.45, 7) is 74.6. The Bertz CT molecular complexity index is 2530. The quantitative estimate of drug-likeness (QED) is 0.141. The lowest BCUT2D eigenvalue weighted by molar-refractivity contribution is 0.0722. The summed E-state index contributed by atoms with van der Waals surface area (Å²) in [4.78, 5) is 47.0. The fourth-order valence-electron chi connectivity index (χ4n) is 6.83. The molecule has 0 unspecified atom stereocenters. The Kier molecular flexibility index (Phi) is 74.2. The lowest BCUT2D eigenvalue weighted by Crippen LogP contribution is -2.30. The van der Waals surface area contributed by atoms with Gasteiger partial charge in [0.05, 0.1) is 54.0 Å². The molecule has 8 aromatic heterocycles. The van der Waals surface area contributed by atoms with Gasteiger partial charge in [-0.3, -0.25) is 19.7 Å². The van der Waals surface area contributed by atoms with Crippen LogP contribution in [0.4, 0.5) is 0 Å². The molecule has 2 aliphatic rings. The van der Waals surface area contributed by atoms with Gasteiger partial charge in [-0.1, -0.05) is 255 Å². The van der Waals surface area contributed by atoms with Crippen LogP contribution in [0.5, 0.6) is 0 Å². The summed E-state index contributed by atoms with van der Waals surface area (Å²) in [6.07, 6.45) is 19.5. The van der Waals surface area contributed by atoms with Crippen LogP contribution in [0.25, 0.3) is 0 Å². The molecule has 1 aromatic carbocycles. The van der Waals surface area contributed by atoms with Crippen LogP contribution in [0.2, 0.25) is 0 Å². The predicted octanol–water partition coefficient (Wildman–Crippen LogP) is 24.4. The number of amides is 2. The van der Waals surface area contributed by atoms with Crippen LogP contribution in [0.1, 0.15) is 363 Å². The topological polar surface area (TPSA) is 251 Å². The number of carbonyl (C=O) groups is 2. The zero-order chi connectivity index (χ0) is 78.7. The van der Waals surface area contributed by atoms with Crippen molar-refractivity contribution in [1.82, 2.24) is 60.4 Å². The van der Waals surface area contributed by atoms with E-state index in [4.69, 9.17) is 17.8 Å². The average molecular weight is 1400 g/mol. The Morgan fingerprint density at radius 2 is 0.990 bits per heavy atom. The van der Waals surface area contributed by atoms with E-state index < -0.39 is 0 Å². The molecule has 0 atom stereocenters. The van der Waals surface area contributed by atoms with Gasteiger partial charge in [0.2, 0.25) is 0 Å². The van der Waals surface area contributed by atoms with E-state index in [2.05, 4.69) is 143 Å². The summed E-state index contributed by atoms with van der Waals surface area (Å²) in [5, 5.41) is 17.4. The van der Waals surface area contributed by atoms with Crippen LogP contribution >= 0.6 is 0 Å². The number of benzene rings is 1. The van der Waals surface area contributed by atoms with E-state index in [0.717, 1.165) is 69.1 Å². The number of hydrogen-bond donors (Lipinski definition) is 1. The van der Waals surface area contributed by atoms with Crippen molar-refractivity contribution in [3.63, 3.8) is 0 Å². The van der Waals surface area contributed by atoms with Crippen LogP contribution in [0.3, 0.4) is 0 Å². The summed E-state index contributed by atoms with van der Waals surface area (Å²) in [5.41, 5.74) is 6.88. The molecule has 0 fully saturated rings. The molecule has 2 amide bonds. The van der Waals surface area contributed by atoms with E-state index in [-0.39, 0.29) is 17.9 Å². The molecule has 0 bridgehead atoms. The lowest BCUT2D eigenvalue weighted by atomic mass is 10.1. The lowest BCUT2D eigenvalue weighted by Gasteiger charge is -2.19. The molecule has 0 spiro atoms. The van der Waals surface area contributed by atoms with Gasteiger partial charge in [-0.2, -0.15) is 5.10 Å². The summed E-state index contributed by atoms with van der Waals surface area (Å²) in [5.74, 6) is 7.20. The van der Waals surface area contributed by atoms with Crippen LogP contribution in [-0.4, -0.2) is 84.3 Å². The maximum absolute atomic E-state index is 11.8. The first kappa shape index (κ1) is 105. The second kappa shape index (κ2) is 70.6. The number of fused-ring (bicyclic) bond motifs is 2. The van der Waals surface area contributed by atoms with Gasteiger partial charge in [0, 0.05) is 71.8 Å². The number of hydrogen-bond acceptors (Lipinski definition) is 17. The molecule has 20 nitrogen and oxygen atoms in total. The van der Waals surface area contributed by atoms with Crippen molar-refractivity contribution in [3.8, 4) is 0 Å². The summed E-state index contributed by atoms with van der Waals surface area (Å²) in [7, 11) is 0. The highest BCUT2D eigenvalue weighted by atomic mass is 16.5. The number of carbonyl (C=O) groups excluding carboxylic acids is 2. The third-order valence-electron chi connectivity index (χ3n) is 12.0. The molecule has 1 N–H and O–H groups in total. The number of H-pyrrole nitrogens is 1. The molecule has 2 aliphatic heterocycles. The molecule has 570 valence electrons. The van der Waals surface area contributed by atoms with Crippen molar-refractivity contribution < 1.29 is 36.4 Å². The minimum Gasteiger partial charge on any atom is -0.451 e. The molecule has 0 radical (unpaired) electrons. The van der Waals surface area contributed by atoms with Crippen LogP contribution in [0, 0.1) is 0 Å². The highest BCUT2D eigenvalue weighted by molar-refractivity contribution is 5.98. The summed E-state index contributed by atoms with van der Waals surface area (Å²) < 4.78 is 28.8. The Labute approximate surface area is 607 Å². The minimum atomic E-state index is 0.109. The molecular weight excluding hydrogens is 1260 g/mol. The molecule has 10 heterocycles. The van der Waals surface area contributed by atoms with Crippen molar-refractivity contribution in [2.75, 3.05) is 0 Å². The maximum Gasteiger partial charge on any atom is 0.256 e. The SMILES string of the molecule is CC.CC.CC.CC.CC.CC.CC.CC.CC.CC(C)N1Cc2ccccc2C1=O.CC(C)N1Cc2ncccc2C1=O.CC(C)c1ccno1.CC(C)c1ccon1.CC(C)c1cnco1.CC(C)c1cnoc1.CC(C)c1cocn1.CC(C)c1ncco1.CC(C)c1ncn[nH]1. The number of nitrogens with one attached hydrogen (secondary N) is 1. The van der Waals surface area contributed by atoms with E-state index in [1.54, 1.807) is 62.1 Å². The molecule has 0 saturated heterocycles. The largest absolute Gasteiger partial charge is 0.451 e. The molecule has 0 aliphatic carbocycles. The Hall–Kier alpha value is -8.29. The van der Waals surface area contributed by atoms with Gasteiger partial charge in [-0.15, -0.1) is 0 Å². The van der Waals surface area contributed by atoms with E-state index in [9.17, 15) is 9.59 Å². The Morgan fingerprint density at radius 3 is 1.29 bits per heavy atom. The zero-order valence-electron chi connectivity index (χ0n) is 69.3. The predicted molar refractivity (Wildman–Crippen MR) is 417 cm³/mol. The van der Waals surface area contributed by atoms with E-state index in [0.29, 0.717) is 54.0 Å². The molecule has 20 heteroatoms. The van der Waals surface area contributed by atoms with Gasteiger partial charge in [-0.05, 0) is 69.2 Å². The highest BCUT2D eigenvalue weighted by Crippen LogP contribution is 2.25. The Balaban J connectivity index is -0.000000190. The monoisotopic (exact) mass is 1400 g/mol. The Morgan fingerprint density at radius 1 is 0.440 bits per heavy atom. The fourth-order valence-corrected chi connectivity index (χ4v) is 6.83. The number of aromatic amines is 1. The second-order valence-corrected chi connectivity index (χ2v) is 21.6. The first-order valence-electron chi connectivity index (χ1n) is 36.9. The second-order valence-electron chi connectivity index (χ2n) is 21.6. The maximum atomic E-state index is 11.8. The van der Waals surface area contributed by atoms with Crippen molar-refractivity contribution >= 4 is 11.8 Å². The standard InChI is InChI=1S/C11H13NO.C10H12N2O.6C6H9NO.C5H9N3.9C2H6/c1-8(2)12-7-9-5-3-4-6-10(9)11(12)13;1-7(2)12-6-9-8(10(12)13)4-3-5-11-9;1-5(2)6-3-8-4-7-6;1-5(2)6-3-7-4-8-6;1-5(2)6-3-7-8-4-6;1-5(2)6-7-3-4-8-6;1-5(2)6-3-4-8-7-6;1-5(2)6-3-4-7-8-6;1-4(2)5-6-3-7-8-5;9*1-2/h3-6,8H,7H2,1-2H3;3-5,7H,6H2,1-2H3;6*3-5H,1-2H3;3-4H,1-2H3,(H,6,7,8);9*1-2H3. The molecular formula is C80H142N12O8. The van der Waals surface area contributed by atoms with Gasteiger partial charge in [0.25, 0.3) is 11.8 Å². The third kappa shape index (κ3) is 46.9. The number of aromatic nitrogens is 10. The van der Waals surface area contributed by atoms with Crippen molar-refractivity contribution in [2.24, 2.45) is 0 Å². The van der Waals surface area contributed by atoms with Crippen LogP contribution < -0.4 is 0 Å². The first-order valence-corrected chi connectivity index (χ1v) is 36.9. The van der Waals surface area contributed by atoms with Gasteiger partial charge < -0.3 is 36.6 Å². The molecule has 100 heavy (non-hydrogen) atoms. The third-order valence-corrected chi connectivity index (χ3v) is 12.0. The number of oxazole rings is 3. The number of nitrogens with zero attached hydrogens (tertiary/aromatic N) is 11. The highest BCUT2D eigenvalue weighted by Gasteiger charge is 2.30. The number of rotatable bonds is 9. The summed E-state index contributed by atoms with van der Waals surface area (Å²) in [6, 6.07) is 15.8. The fraction of sp³-hybridized carbons (Fsp3) is 0.588. The molecule has 0 saturated carbocycles. The van der Waals surface area contributed by atoms with E-state index >= 15 is 0 Å². The van der Waals surface area contributed by atoms with Gasteiger partial charge in [0.15, 0.2) is 18.7 Å². The first-order chi connectivity index (χ1) is 48.0. The average Bonchev–Trinajstić information content (AvgIpc) is 1.67. The summed E-state index contributed by atoms with van der Waals surface area (Å²) >= 11 is 0. The number of pyridine rings is 1. The van der Waals surface area contributed by atoms with Gasteiger partial charge >= 0.3 is 0 Å². The van der Waals surface area contributed by atoms with Crippen molar-refractivity contribution in [1.29, 1.82) is 0 Å². The van der Waals surface area contributed by atoms with Crippen molar-refractivity contribution in [2.45, 2.75) is 316 Å². The van der Waals surface area contributed by atoms with Gasteiger partial charge in [-0.25, -0.2) is 19.9 Å². The van der Waals surface area contributed by atoms with Crippen LogP contribution in [-0.2, 0) is 13.1 Å². The van der Waals surface area contributed by atoms with E-state index in [1.165, 1.54) is 19.1 Å². The normalized spacial score (nSPS) is 10.3. The molecule has 9 aromatic rings. The van der Waals surface area contributed by atoms with Crippen molar-refractivity contribution in [3.05, 3.63) is 186 Å². The minimum absolute atomic E-state index is 0.109. The van der Waals surface area contributed by atoms with Gasteiger partial charge in [0.1, 0.15) is 48.7 Å². The van der Waals surface area contributed by atoms with E-state index in [1.807, 2.05) is 218 Å².